The van der Waals surface area contributed by atoms with Crippen LogP contribution in [0.4, 0.5) is 0 Å². The lowest BCUT2D eigenvalue weighted by molar-refractivity contribution is 0.0953. The van der Waals surface area contributed by atoms with Crippen molar-refractivity contribution in [3.63, 3.8) is 0 Å². The average molecular weight is 393 g/mol. The summed E-state index contributed by atoms with van der Waals surface area (Å²) in [6, 6.07) is 15.3. The fraction of sp³-hybridized carbons (Fsp3) is 0.304. The minimum Gasteiger partial charge on any atom is -0.497 e. The van der Waals surface area contributed by atoms with Crippen molar-refractivity contribution in [2.45, 2.75) is 32.9 Å². The van der Waals surface area contributed by atoms with Gasteiger partial charge in [0.2, 0.25) is 0 Å². The maximum atomic E-state index is 12.1. The maximum Gasteiger partial charge on any atom is 0.251 e. The second-order valence-corrected chi connectivity index (χ2v) is 7.08. The molecule has 6 heteroatoms. The minimum absolute atomic E-state index is 0.0425. The number of carbonyl (C=O) groups is 1. The molecule has 0 bridgehead atoms. The number of hydrogen-bond donors (Lipinski definition) is 2. The van der Waals surface area contributed by atoms with E-state index in [0.717, 1.165) is 34.8 Å². The van der Waals surface area contributed by atoms with Gasteiger partial charge in [0.15, 0.2) is 0 Å². The highest BCUT2D eigenvalue weighted by Crippen LogP contribution is 2.24. The van der Waals surface area contributed by atoms with E-state index in [4.69, 9.17) is 15.5 Å². The molecule has 3 N–H and O–H groups in total. The Morgan fingerprint density at radius 3 is 2.45 bits per heavy atom. The van der Waals surface area contributed by atoms with Gasteiger partial charge >= 0.3 is 0 Å². The number of imidazole rings is 1. The third kappa shape index (κ3) is 5.03. The van der Waals surface area contributed by atoms with Gasteiger partial charge in [-0.3, -0.25) is 4.79 Å². The lowest BCUT2D eigenvalue weighted by atomic mass is 10.1. The number of rotatable bonds is 8. The van der Waals surface area contributed by atoms with Crippen LogP contribution in [-0.2, 0) is 6.54 Å². The number of ether oxygens (including phenoxy) is 1. The van der Waals surface area contributed by atoms with Crippen molar-refractivity contribution in [2.24, 2.45) is 5.73 Å². The Morgan fingerprint density at radius 2 is 1.86 bits per heavy atom. The maximum absolute atomic E-state index is 12.1. The number of methoxy groups -OCH3 is 1. The van der Waals surface area contributed by atoms with Crippen molar-refractivity contribution >= 4 is 5.91 Å². The molecular weight excluding hydrogens is 364 g/mol. The predicted molar refractivity (Wildman–Crippen MR) is 115 cm³/mol. The molecule has 152 valence electrons. The van der Waals surface area contributed by atoms with Gasteiger partial charge in [-0.05, 0) is 55.3 Å². The Morgan fingerprint density at radius 1 is 1.17 bits per heavy atom. The average Bonchev–Trinajstić information content (AvgIpc) is 3.16. The quantitative estimate of drug-likeness (QED) is 0.611. The van der Waals surface area contributed by atoms with Crippen molar-refractivity contribution < 1.29 is 9.53 Å². The number of nitrogens with one attached hydrogen (secondary N) is 1. The predicted octanol–water partition coefficient (Wildman–Crippen LogP) is 3.77. The molecule has 0 saturated heterocycles. The molecule has 1 heterocycles. The summed E-state index contributed by atoms with van der Waals surface area (Å²) in [4.78, 5) is 16.8. The molecule has 0 radical (unpaired) electrons. The van der Waals surface area contributed by atoms with E-state index in [1.165, 1.54) is 0 Å². The molecule has 0 aliphatic carbocycles. The summed E-state index contributed by atoms with van der Waals surface area (Å²) >= 11 is 0. The molecule has 0 unspecified atom stereocenters. The van der Waals surface area contributed by atoms with Crippen molar-refractivity contribution in [3.8, 4) is 17.0 Å². The van der Waals surface area contributed by atoms with E-state index in [0.29, 0.717) is 18.7 Å². The summed E-state index contributed by atoms with van der Waals surface area (Å²) in [5.41, 5.74) is 9.79. The number of amides is 1. The summed E-state index contributed by atoms with van der Waals surface area (Å²) in [5, 5.41) is 2.89. The summed E-state index contributed by atoms with van der Waals surface area (Å²) in [5.74, 6) is 1.59. The summed E-state index contributed by atoms with van der Waals surface area (Å²) in [7, 11) is 1.65. The van der Waals surface area contributed by atoms with Gasteiger partial charge in [-0.2, -0.15) is 0 Å². The topological polar surface area (TPSA) is 82.2 Å². The van der Waals surface area contributed by atoms with Gasteiger partial charge < -0.3 is 20.4 Å². The minimum atomic E-state index is -0.193. The van der Waals surface area contributed by atoms with Gasteiger partial charge in [-0.15, -0.1) is 0 Å². The van der Waals surface area contributed by atoms with Crippen LogP contribution < -0.4 is 15.8 Å². The molecule has 0 aliphatic heterocycles. The van der Waals surface area contributed by atoms with Crippen molar-refractivity contribution in [3.05, 3.63) is 71.7 Å². The fourth-order valence-electron chi connectivity index (χ4n) is 3.12. The van der Waals surface area contributed by atoms with Crippen LogP contribution in [0.15, 0.2) is 54.7 Å². The second-order valence-electron chi connectivity index (χ2n) is 7.08. The van der Waals surface area contributed by atoms with Gasteiger partial charge in [-0.25, -0.2) is 4.98 Å². The molecule has 0 fully saturated rings. The molecule has 3 aromatic rings. The van der Waals surface area contributed by atoms with E-state index in [1.54, 1.807) is 7.11 Å². The molecule has 2 aromatic carbocycles. The molecule has 6 nitrogen and oxygen atoms in total. The van der Waals surface area contributed by atoms with Crippen LogP contribution in [0.3, 0.4) is 0 Å². The largest absolute Gasteiger partial charge is 0.497 e. The monoisotopic (exact) mass is 392 g/mol. The molecule has 1 amide bonds. The van der Waals surface area contributed by atoms with Crippen molar-refractivity contribution in [1.82, 2.24) is 14.9 Å². The third-order valence-corrected chi connectivity index (χ3v) is 4.71. The molecule has 0 aliphatic rings. The standard InChI is InChI=1S/C23H28N4O2/c1-4-13-25-23(28)19-7-5-17(6-8-19)14-27-15-21(26-22(27)16(2)24)18-9-11-20(29-3)12-10-18/h5-12,15-16H,4,13-14,24H2,1-3H3,(H,25,28)/t16-/m0/s1. The number of benzene rings is 2. The van der Waals surface area contributed by atoms with E-state index >= 15 is 0 Å². The van der Waals surface area contributed by atoms with Crippen molar-refractivity contribution in [2.75, 3.05) is 13.7 Å². The molecule has 3 rings (SSSR count). The van der Waals surface area contributed by atoms with E-state index in [1.807, 2.05) is 68.6 Å². The van der Waals surface area contributed by atoms with Gasteiger partial charge in [0.25, 0.3) is 5.91 Å². The molecular formula is C23H28N4O2. The number of nitrogens with zero attached hydrogens (tertiary/aromatic N) is 2. The second kappa shape index (κ2) is 9.39. The Balaban J connectivity index is 1.81. The van der Waals surface area contributed by atoms with Crippen LogP contribution in [0.5, 0.6) is 5.75 Å². The van der Waals surface area contributed by atoms with Gasteiger partial charge in [0, 0.05) is 30.4 Å². The van der Waals surface area contributed by atoms with Crippen LogP contribution in [0.2, 0.25) is 0 Å². The van der Waals surface area contributed by atoms with Gasteiger partial charge in [0.05, 0.1) is 18.8 Å². The van der Waals surface area contributed by atoms with Gasteiger partial charge in [0.1, 0.15) is 11.6 Å². The molecule has 0 saturated carbocycles. The highest BCUT2D eigenvalue weighted by molar-refractivity contribution is 5.94. The Labute approximate surface area is 171 Å². The lowest BCUT2D eigenvalue weighted by Gasteiger charge is -2.11. The zero-order chi connectivity index (χ0) is 20.8. The Bertz CT molecular complexity index is 944. The highest BCUT2D eigenvalue weighted by atomic mass is 16.5. The molecule has 1 atom stereocenters. The molecule has 1 aromatic heterocycles. The van der Waals surface area contributed by atoms with Crippen LogP contribution >= 0.6 is 0 Å². The number of carbonyl (C=O) groups excluding carboxylic acids is 1. The van der Waals surface area contributed by atoms with Crippen LogP contribution in [-0.4, -0.2) is 29.1 Å². The Kier molecular flexibility index (Phi) is 6.67. The van der Waals surface area contributed by atoms with E-state index in [-0.39, 0.29) is 11.9 Å². The zero-order valence-electron chi connectivity index (χ0n) is 17.2. The van der Waals surface area contributed by atoms with E-state index in [2.05, 4.69) is 9.88 Å². The molecule has 0 spiro atoms. The first-order valence-electron chi connectivity index (χ1n) is 9.86. The molecule has 29 heavy (non-hydrogen) atoms. The van der Waals surface area contributed by atoms with Crippen LogP contribution in [0, 0.1) is 0 Å². The highest BCUT2D eigenvalue weighted by Gasteiger charge is 2.14. The first-order valence-corrected chi connectivity index (χ1v) is 9.86. The fourth-order valence-corrected chi connectivity index (χ4v) is 3.12. The third-order valence-electron chi connectivity index (χ3n) is 4.71. The lowest BCUT2D eigenvalue weighted by Crippen LogP contribution is -2.23. The SMILES string of the molecule is CCCNC(=O)c1ccc(Cn2cc(-c3ccc(OC)cc3)nc2[C@H](C)N)cc1. The first-order chi connectivity index (χ1) is 14.0. The normalized spacial score (nSPS) is 11.9. The number of hydrogen-bond acceptors (Lipinski definition) is 4. The van der Waals surface area contributed by atoms with Crippen LogP contribution in [0.25, 0.3) is 11.3 Å². The van der Waals surface area contributed by atoms with Crippen molar-refractivity contribution in [1.29, 1.82) is 0 Å². The van der Waals surface area contributed by atoms with E-state index in [9.17, 15) is 4.79 Å². The summed E-state index contributed by atoms with van der Waals surface area (Å²) < 4.78 is 7.29. The number of nitrogens with two attached hydrogens (primary N) is 1. The summed E-state index contributed by atoms with van der Waals surface area (Å²) in [6.07, 6.45) is 2.93. The number of aromatic nitrogens is 2. The van der Waals surface area contributed by atoms with E-state index < -0.39 is 0 Å². The van der Waals surface area contributed by atoms with Crippen LogP contribution in [0.1, 0.15) is 48.1 Å². The Hall–Kier alpha value is -3.12. The summed E-state index contributed by atoms with van der Waals surface area (Å²) in [6.45, 7) is 5.28. The zero-order valence-corrected chi connectivity index (χ0v) is 17.2. The first kappa shape index (κ1) is 20.6. The smallest absolute Gasteiger partial charge is 0.251 e. The van der Waals surface area contributed by atoms with Gasteiger partial charge in [-0.1, -0.05) is 19.1 Å².